The molecule has 108 valence electrons. The molecule has 20 heavy (non-hydrogen) atoms. The highest BCUT2D eigenvalue weighted by atomic mass is 35.5. The summed E-state index contributed by atoms with van der Waals surface area (Å²) in [5.41, 5.74) is -0.0600. The zero-order chi connectivity index (χ0) is 14.1. The van der Waals surface area contributed by atoms with E-state index in [1.165, 1.54) is 25.8 Å². The number of fused-ring (bicyclic) bond motifs is 1. The van der Waals surface area contributed by atoms with Crippen molar-refractivity contribution in [3.05, 3.63) is 22.8 Å². The van der Waals surface area contributed by atoms with E-state index in [4.69, 9.17) is 16.7 Å². The van der Waals surface area contributed by atoms with E-state index in [0.717, 1.165) is 25.5 Å². The molecule has 1 aromatic heterocycles. The molecule has 1 aromatic rings. The highest BCUT2D eigenvalue weighted by Crippen LogP contribution is 2.25. The van der Waals surface area contributed by atoms with Crippen LogP contribution in [0.5, 0.6) is 0 Å². The molecule has 6 heteroatoms. The van der Waals surface area contributed by atoms with Crippen molar-refractivity contribution < 1.29 is 9.90 Å². The molecule has 0 bridgehead atoms. The first-order chi connectivity index (χ1) is 9.65. The zero-order valence-corrected chi connectivity index (χ0v) is 12.0. The highest BCUT2D eigenvalue weighted by Gasteiger charge is 2.29. The Morgan fingerprint density at radius 1 is 1.30 bits per heavy atom. The average Bonchev–Trinajstić information content (AvgIpc) is 2.47. The summed E-state index contributed by atoms with van der Waals surface area (Å²) in [5.74, 6) is -0.356. The van der Waals surface area contributed by atoms with Crippen LogP contribution in [-0.2, 0) is 0 Å². The highest BCUT2D eigenvalue weighted by molar-refractivity contribution is 6.33. The van der Waals surface area contributed by atoms with Crippen LogP contribution in [0.3, 0.4) is 0 Å². The lowest BCUT2D eigenvalue weighted by molar-refractivity contribution is 0.0690. The first-order valence-electron chi connectivity index (χ1n) is 7.04. The molecule has 1 atom stereocenters. The average molecular weight is 296 g/mol. The van der Waals surface area contributed by atoms with Gasteiger partial charge in [0.1, 0.15) is 5.82 Å². The molecule has 0 radical (unpaired) electrons. The molecule has 0 spiro atoms. The number of piperazine rings is 1. The maximum Gasteiger partial charge on any atom is 0.356 e. The number of rotatable bonds is 2. The van der Waals surface area contributed by atoms with Crippen LogP contribution in [0.15, 0.2) is 12.1 Å². The molecule has 3 rings (SSSR count). The van der Waals surface area contributed by atoms with Crippen molar-refractivity contribution >= 4 is 23.4 Å². The van der Waals surface area contributed by atoms with E-state index in [9.17, 15) is 4.79 Å². The third-order valence-corrected chi connectivity index (χ3v) is 4.50. The lowest BCUT2D eigenvalue weighted by Crippen LogP contribution is -2.55. The minimum Gasteiger partial charge on any atom is -0.476 e. The van der Waals surface area contributed by atoms with Crippen LogP contribution in [0, 0.1) is 0 Å². The zero-order valence-electron chi connectivity index (χ0n) is 11.3. The Kier molecular flexibility index (Phi) is 3.81. The van der Waals surface area contributed by atoms with Crippen molar-refractivity contribution in [2.45, 2.75) is 25.3 Å². The Balaban J connectivity index is 1.79. The van der Waals surface area contributed by atoms with E-state index >= 15 is 0 Å². The van der Waals surface area contributed by atoms with Gasteiger partial charge in [-0.25, -0.2) is 9.78 Å². The number of aromatic carboxylic acids is 1. The monoisotopic (exact) mass is 295 g/mol. The number of hydrogen-bond acceptors (Lipinski definition) is 4. The fourth-order valence-electron chi connectivity index (χ4n) is 3.12. The van der Waals surface area contributed by atoms with E-state index in [1.807, 2.05) is 6.07 Å². The van der Waals surface area contributed by atoms with E-state index in [-0.39, 0.29) is 10.7 Å². The van der Waals surface area contributed by atoms with Crippen LogP contribution >= 0.6 is 11.6 Å². The lowest BCUT2D eigenvalue weighted by atomic mass is 9.99. The number of aromatic nitrogens is 1. The van der Waals surface area contributed by atoms with Gasteiger partial charge in [0.2, 0.25) is 0 Å². The third-order valence-electron chi connectivity index (χ3n) is 4.20. The number of carbonyl (C=O) groups is 1. The van der Waals surface area contributed by atoms with Crippen molar-refractivity contribution in [1.82, 2.24) is 9.88 Å². The first kappa shape index (κ1) is 13.6. The number of carboxylic acid groups (broad SMARTS) is 1. The quantitative estimate of drug-likeness (QED) is 0.905. The number of nitrogens with zero attached hydrogens (tertiary/aromatic N) is 3. The number of carboxylic acids is 1. The van der Waals surface area contributed by atoms with Gasteiger partial charge in [-0.3, -0.25) is 4.90 Å². The van der Waals surface area contributed by atoms with Gasteiger partial charge >= 0.3 is 5.97 Å². The van der Waals surface area contributed by atoms with Gasteiger partial charge in [-0.2, -0.15) is 0 Å². The number of anilines is 1. The summed E-state index contributed by atoms with van der Waals surface area (Å²) in [6.45, 7) is 4.03. The SMILES string of the molecule is O=C(O)c1nc(N2CCN3CCCCC3C2)ccc1Cl. The van der Waals surface area contributed by atoms with Gasteiger partial charge in [0, 0.05) is 25.7 Å². The van der Waals surface area contributed by atoms with Gasteiger partial charge in [-0.05, 0) is 31.5 Å². The van der Waals surface area contributed by atoms with Gasteiger partial charge < -0.3 is 10.0 Å². The standard InChI is InChI=1S/C14H18ClN3O2/c15-11-4-5-12(16-13(11)14(19)20)18-8-7-17-6-2-1-3-10(17)9-18/h4-5,10H,1-3,6-9H2,(H,19,20). The van der Waals surface area contributed by atoms with Crippen LogP contribution in [0.1, 0.15) is 29.8 Å². The molecule has 1 N–H and O–H groups in total. The van der Waals surface area contributed by atoms with E-state index in [1.54, 1.807) is 6.07 Å². The van der Waals surface area contributed by atoms with E-state index in [0.29, 0.717) is 6.04 Å². The normalized spacial score (nSPS) is 23.4. The molecule has 3 heterocycles. The summed E-state index contributed by atoms with van der Waals surface area (Å²) in [5, 5.41) is 9.29. The molecule has 0 saturated carbocycles. The van der Waals surface area contributed by atoms with Crippen LogP contribution in [0.4, 0.5) is 5.82 Å². The molecule has 2 aliphatic rings. The molecule has 0 amide bonds. The fourth-order valence-corrected chi connectivity index (χ4v) is 3.31. The summed E-state index contributed by atoms with van der Waals surface area (Å²) in [6, 6.07) is 4.01. The fraction of sp³-hybridized carbons (Fsp3) is 0.571. The van der Waals surface area contributed by atoms with Gasteiger partial charge in [0.25, 0.3) is 0 Å². The molecule has 2 aliphatic heterocycles. The Morgan fingerprint density at radius 2 is 2.15 bits per heavy atom. The van der Waals surface area contributed by atoms with Crippen LogP contribution in [0.2, 0.25) is 5.02 Å². The predicted octanol–water partition coefficient (Wildman–Crippen LogP) is 2.11. The summed E-state index contributed by atoms with van der Waals surface area (Å²) < 4.78 is 0. The molecular formula is C14H18ClN3O2. The first-order valence-corrected chi connectivity index (χ1v) is 7.42. The summed E-state index contributed by atoms with van der Waals surface area (Å²) in [7, 11) is 0. The molecule has 5 nitrogen and oxygen atoms in total. The van der Waals surface area contributed by atoms with Crippen molar-refractivity contribution in [3.8, 4) is 0 Å². The predicted molar refractivity (Wildman–Crippen MR) is 77.6 cm³/mol. The van der Waals surface area contributed by atoms with Crippen LogP contribution in [0.25, 0.3) is 0 Å². The Morgan fingerprint density at radius 3 is 2.95 bits per heavy atom. The van der Waals surface area contributed by atoms with Crippen molar-refractivity contribution in [2.75, 3.05) is 31.1 Å². The Bertz CT molecular complexity index is 523. The van der Waals surface area contributed by atoms with Gasteiger partial charge in [0.05, 0.1) is 5.02 Å². The van der Waals surface area contributed by atoms with Crippen molar-refractivity contribution in [3.63, 3.8) is 0 Å². The number of halogens is 1. The maximum absolute atomic E-state index is 11.1. The third kappa shape index (κ3) is 2.60. The van der Waals surface area contributed by atoms with Gasteiger partial charge in [-0.1, -0.05) is 18.0 Å². The van der Waals surface area contributed by atoms with Gasteiger partial charge in [-0.15, -0.1) is 0 Å². The van der Waals surface area contributed by atoms with E-state index in [2.05, 4.69) is 14.8 Å². The number of piperidine rings is 1. The molecule has 0 aliphatic carbocycles. The number of hydrogen-bond donors (Lipinski definition) is 1. The second kappa shape index (κ2) is 5.58. The molecular weight excluding hydrogens is 278 g/mol. The van der Waals surface area contributed by atoms with Gasteiger partial charge in [0.15, 0.2) is 5.69 Å². The number of pyridine rings is 1. The van der Waals surface area contributed by atoms with Crippen LogP contribution < -0.4 is 4.90 Å². The minimum atomic E-state index is -1.08. The second-order valence-electron chi connectivity index (χ2n) is 5.44. The summed E-state index contributed by atoms with van der Waals surface area (Å²) in [6.07, 6.45) is 3.79. The topological polar surface area (TPSA) is 56.7 Å². The Labute approximate surface area is 123 Å². The molecule has 2 fully saturated rings. The Hall–Kier alpha value is -1.33. The second-order valence-corrected chi connectivity index (χ2v) is 5.84. The molecule has 0 aromatic carbocycles. The van der Waals surface area contributed by atoms with E-state index < -0.39 is 5.97 Å². The van der Waals surface area contributed by atoms with Crippen molar-refractivity contribution in [2.24, 2.45) is 0 Å². The van der Waals surface area contributed by atoms with Crippen LogP contribution in [-0.4, -0.2) is 53.2 Å². The smallest absolute Gasteiger partial charge is 0.356 e. The largest absolute Gasteiger partial charge is 0.476 e. The molecule has 1 unspecified atom stereocenters. The van der Waals surface area contributed by atoms with Crippen molar-refractivity contribution in [1.29, 1.82) is 0 Å². The summed E-state index contributed by atoms with van der Waals surface area (Å²) in [4.78, 5) is 20.0. The molecule has 2 saturated heterocycles. The minimum absolute atomic E-state index is 0.0600. The lowest BCUT2D eigenvalue weighted by Gasteiger charge is -2.44. The maximum atomic E-state index is 11.1. The summed E-state index contributed by atoms with van der Waals surface area (Å²) >= 11 is 5.87.